The monoisotopic (exact) mass is 298 g/mol. The van der Waals surface area contributed by atoms with Gasteiger partial charge in [0, 0.05) is 10.6 Å². The molecule has 0 amide bonds. The molecule has 0 fully saturated rings. The van der Waals surface area contributed by atoms with Gasteiger partial charge >= 0.3 is 11.9 Å². The number of halogens is 2. The second-order valence-corrected chi connectivity index (χ2v) is 3.29. The number of aliphatic carboxylic acids is 2. The third kappa shape index (κ3) is 4.30. The number of hydrogen-bond acceptors (Lipinski definition) is 2. The lowest BCUT2D eigenvalue weighted by Crippen LogP contribution is -1.94. The Morgan fingerprint density at radius 2 is 1.58 bits per heavy atom. The van der Waals surface area contributed by atoms with E-state index in [-0.39, 0.29) is 8.96 Å². The highest BCUT2D eigenvalue weighted by Gasteiger charge is 2.06. The Bertz CT molecular complexity index is 267. The van der Waals surface area contributed by atoms with Gasteiger partial charge in [0.2, 0.25) is 0 Å². The summed E-state index contributed by atoms with van der Waals surface area (Å²) >= 11 is 5.62. The molecule has 0 spiro atoms. The van der Waals surface area contributed by atoms with Crippen LogP contribution in [0.1, 0.15) is 0 Å². The Labute approximate surface area is 84.8 Å². The molecular formula is C6H4Br2O4. The first-order valence-electron chi connectivity index (χ1n) is 2.64. The molecule has 0 saturated carbocycles. The topological polar surface area (TPSA) is 74.6 Å². The molecule has 0 bridgehead atoms. The maximum Gasteiger partial charge on any atom is 0.343 e. The molecule has 6 heteroatoms. The third-order valence-corrected chi connectivity index (χ3v) is 2.73. The summed E-state index contributed by atoms with van der Waals surface area (Å²) in [5.41, 5.74) is 0. The normalized spacial score (nSPS) is 12.8. The van der Waals surface area contributed by atoms with E-state index in [1.165, 1.54) is 0 Å². The van der Waals surface area contributed by atoms with Crippen LogP contribution in [-0.2, 0) is 9.59 Å². The van der Waals surface area contributed by atoms with Crippen LogP contribution in [0.4, 0.5) is 0 Å². The van der Waals surface area contributed by atoms with Crippen LogP contribution in [-0.4, -0.2) is 22.2 Å². The average molecular weight is 300 g/mol. The summed E-state index contributed by atoms with van der Waals surface area (Å²) in [6.07, 6.45) is 1.95. The Hall–Kier alpha value is -0.620. The van der Waals surface area contributed by atoms with E-state index in [1.54, 1.807) is 0 Å². The molecule has 0 aromatic heterocycles. The number of rotatable bonds is 3. The molecule has 12 heavy (non-hydrogen) atoms. The second-order valence-electron chi connectivity index (χ2n) is 1.64. The average Bonchev–Trinajstić information content (AvgIpc) is 1.98. The molecule has 0 atom stereocenters. The standard InChI is InChI=1S/C6H4Br2O4/c7-3(1-2-4(9)10)5(8)6(11)12/h1-2H,(H,9,10)(H,11,12)/b2-1+,5-3+. The number of carboxylic acid groups (broad SMARTS) is 2. The molecule has 4 nitrogen and oxygen atoms in total. The van der Waals surface area contributed by atoms with Crippen molar-refractivity contribution in [3.05, 3.63) is 21.1 Å². The fourth-order valence-electron chi connectivity index (χ4n) is 0.320. The molecule has 0 unspecified atom stereocenters. The lowest BCUT2D eigenvalue weighted by atomic mass is 10.4. The minimum atomic E-state index is -1.17. The Kier molecular flexibility index (Phi) is 4.84. The highest BCUT2D eigenvalue weighted by Crippen LogP contribution is 2.18. The van der Waals surface area contributed by atoms with Crippen molar-refractivity contribution < 1.29 is 19.8 Å². The van der Waals surface area contributed by atoms with Crippen molar-refractivity contribution in [1.29, 1.82) is 0 Å². The maximum atomic E-state index is 10.3. The molecule has 0 radical (unpaired) electrons. The summed E-state index contributed by atoms with van der Waals surface area (Å²) in [7, 11) is 0. The fraction of sp³-hybridized carbons (Fsp3) is 0. The summed E-state index contributed by atoms with van der Waals surface area (Å²) in [5, 5.41) is 16.6. The van der Waals surface area contributed by atoms with Crippen LogP contribution in [0.5, 0.6) is 0 Å². The van der Waals surface area contributed by atoms with Crippen molar-refractivity contribution in [3.8, 4) is 0 Å². The van der Waals surface area contributed by atoms with Gasteiger partial charge in [-0.15, -0.1) is 0 Å². The molecule has 0 aliphatic carbocycles. The van der Waals surface area contributed by atoms with Gasteiger partial charge < -0.3 is 10.2 Å². The predicted octanol–water partition coefficient (Wildman–Crippen LogP) is 1.71. The molecule has 66 valence electrons. The number of hydrogen-bond donors (Lipinski definition) is 2. The summed E-state index contributed by atoms with van der Waals surface area (Å²) in [4.78, 5) is 20.3. The highest BCUT2D eigenvalue weighted by molar-refractivity contribution is 9.14. The minimum absolute atomic E-state index is 0.125. The zero-order chi connectivity index (χ0) is 9.72. The molecule has 0 rings (SSSR count). The van der Waals surface area contributed by atoms with Crippen molar-refractivity contribution in [3.63, 3.8) is 0 Å². The third-order valence-electron chi connectivity index (χ3n) is 0.770. The highest BCUT2D eigenvalue weighted by atomic mass is 79.9. The van der Waals surface area contributed by atoms with Gasteiger partial charge in [-0.25, -0.2) is 9.59 Å². The zero-order valence-corrected chi connectivity index (χ0v) is 8.79. The van der Waals surface area contributed by atoms with Gasteiger partial charge in [0.25, 0.3) is 0 Å². The molecule has 0 saturated heterocycles. The van der Waals surface area contributed by atoms with Gasteiger partial charge in [-0.05, 0) is 37.9 Å². The van der Waals surface area contributed by atoms with Crippen molar-refractivity contribution in [2.75, 3.05) is 0 Å². The van der Waals surface area contributed by atoms with E-state index in [9.17, 15) is 9.59 Å². The smallest absolute Gasteiger partial charge is 0.343 e. The first kappa shape index (κ1) is 11.4. The van der Waals surface area contributed by atoms with Crippen LogP contribution in [0.3, 0.4) is 0 Å². The van der Waals surface area contributed by atoms with Crippen molar-refractivity contribution in [2.24, 2.45) is 0 Å². The van der Waals surface area contributed by atoms with Gasteiger partial charge in [0.15, 0.2) is 0 Å². The quantitative estimate of drug-likeness (QED) is 0.614. The van der Waals surface area contributed by atoms with Crippen LogP contribution in [0, 0.1) is 0 Å². The van der Waals surface area contributed by atoms with E-state index < -0.39 is 11.9 Å². The molecule has 0 aromatic carbocycles. The molecule has 0 aromatic rings. The van der Waals surface area contributed by atoms with Gasteiger partial charge in [-0.3, -0.25) is 0 Å². The lowest BCUT2D eigenvalue weighted by molar-refractivity contribution is -0.132. The van der Waals surface area contributed by atoms with Crippen LogP contribution in [0.25, 0.3) is 0 Å². The maximum absolute atomic E-state index is 10.3. The van der Waals surface area contributed by atoms with Crippen LogP contribution >= 0.6 is 31.9 Å². The van der Waals surface area contributed by atoms with Crippen LogP contribution in [0.2, 0.25) is 0 Å². The van der Waals surface area contributed by atoms with E-state index in [0.29, 0.717) is 0 Å². The Morgan fingerprint density at radius 1 is 1.08 bits per heavy atom. The zero-order valence-electron chi connectivity index (χ0n) is 5.62. The van der Waals surface area contributed by atoms with Crippen molar-refractivity contribution in [1.82, 2.24) is 0 Å². The summed E-state index contributed by atoms with van der Waals surface area (Å²) in [6, 6.07) is 0. The number of carbonyl (C=O) groups is 2. The van der Waals surface area contributed by atoms with E-state index in [2.05, 4.69) is 31.9 Å². The van der Waals surface area contributed by atoms with E-state index in [4.69, 9.17) is 10.2 Å². The lowest BCUT2D eigenvalue weighted by Gasteiger charge is -1.91. The van der Waals surface area contributed by atoms with Gasteiger partial charge in [-0.2, -0.15) is 0 Å². The summed E-state index contributed by atoms with van der Waals surface area (Å²) in [5.74, 6) is -2.31. The van der Waals surface area contributed by atoms with E-state index in [0.717, 1.165) is 12.2 Å². The van der Waals surface area contributed by atoms with Crippen molar-refractivity contribution in [2.45, 2.75) is 0 Å². The molecule has 2 N–H and O–H groups in total. The summed E-state index contributed by atoms with van der Waals surface area (Å²) in [6.45, 7) is 0. The summed E-state index contributed by atoms with van der Waals surface area (Å²) < 4.78 is 0.0393. The van der Waals surface area contributed by atoms with Crippen LogP contribution < -0.4 is 0 Å². The fourth-order valence-corrected chi connectivity index (χ4v) is 0.754. The number of carboxylic acids is 2. The first-order chi connectivity index (χ1) is 5.45. The molecule has 0 aliphatic rings. The molecule has 0 heterocycles. The largest absolute Gasteiger partial charge is 0.478 e. The van der Waals surface area contributed by atoms with Gasteiger partial charge in [0.05, 0.1) is 0 Å². The Morgan fingerprint density at radius 3 is 1.92 bits per heavy atom. The number of allylic oxidation sites excluding steroid dienone is 2. The minimum Gasteiger partial charge on any atom is -0.478 e. The first-order valence-corrected chi connectivity index (χ1v) is 4.23. The predicted molar refractivity (Wildman–Crippen MR) is 49.3 cm³/mol. The van der Waals surface area contributed by atoms with E-state index in [1.807, 2.05) is 0 Å². The SMILES string of the molecule is O=C(O)/C=C/C(Br)=C(\Br)C(=O)O. The molecule has 0 aliphatic heterocycles. The van der Waals surface area contributed by atoms with Gasteiger partial charge in [0.1, 0.15) is 4.48 Å². The van der Waals surface area contributed by atoms with E-state index >= 15 is 0 Å². The molecular weight excluding hydrogens is 296 g/mol. The van der Waals surface area contributed by atoms with Crippen LogP contribution in [0.15, 0.2) is 21.1 Å². The second kappa shape index (κ2) is 5.10. The van der Waals surface area contributed by atoms with Crippen molar-refractivity contribution >= 4 is 43.8 Å². The van der Waals surface area contributed by atoms with Gasteiger partial charge in [-0.1, -0.05) is 0 Å². The Balaban J connectivity index is 4.58.